The molecule has 22 heavy (non-hydrogen) atoms. The lowest BCUT2D eigenvalue weighted by Crippen LogP contribution is -2.21. The lowest BCUT2D eigenvalue weighted by atomic mass is 10.1. The van der Waals surface area contributed by atoms with Crippen molar-refractivity contribution in [2.75, 3.05) is 11.9 Å². The van der Waals surface area contributed by atoms with Gasteiger partial charge in [-0.3, -0.25) is 9.59 Å². The monoisotopic (exact) mass is 302 g/mol. The van der Waals surface area contributed by atoms with Gasteiger partial charge in [0.15, 0.2) is 6.61 Å². The Labute approximate surface area is 128 Å². The van der Waals surface area contributed by atoms with Crippen LogP contribution in [0.2, 0.25) is 0 Å². The standard InChI is InChI=1S/C16H18N2O4/c1-10-4-6-13(7-5-10)17-15(19)9-21-16(20)8-14-11(2)18-22-12(14)3/h4-7H,8-9H2,1-3H3,(H,17,19). The fourth-order valence-corrected chi connectivity index (χ4v) is 1.93. The number of hydrogen-bond acceptors (Lipinski definition) is 5. The van der Waals surface area contributed by atoms with E-state index in [4.69, 9.17) is 9.26 Å². The number of hydrogen-bond donors (Lipinski definition) is 1. The Bertz CT molecular complexity index is 654. The third-order valence-corrected chi connectivity index (χ3v) is 3.20. The molecule has 0 fully saturated rings. The number of anilines is 1. The van der Waals surface area contributed by atoms with Crippen LogP contribution in [0.4, 0.5) is 5.69 Å². The van der Waals surface area contributed by atoms with Gasteiger partial charge in [0.1, 0.15) is 5.76 Å². The summed E-state index contributed by atoms with van der Waals surface area (Å²) in [5, 5.41) is 6.42. The molecule has 1 aromatic heterocycles. The summed E-state index contributed by atoms with van der Waals surface area (Å²) >= 11 is 0. The number of aromatic nitrogens is 1. The first-order valence-electron chi connectivity index (χ1n) is 6.89. The smallest absolute Gasteiger partial charge is 0.310 e. The van der Waals surface area contributed by atoms with Crippen LogP contribution in [-0.2, 0) is 20.7 Å². The van der Waals surface area contributed by atoms with Crippen molar-refractivity contribution >= 4 is 17.6 Å². The van der Waals surface area contributed by atoms with E-state index in [0.29, 0.717) is 22.7 Å². The van der Waals surface area contributed by atoms with Crippen molar-refractivity contribution in [3.63, 3.8) is 0 Å². The molecule has 0 bridgehead atoms. The van der Waals surface area contributed by atoms with E-state index in [1.54, 1.807) is 26.0 Å². The van der Waals surface area contributed by atoms with Crippen LogP contribution in [0.5, 0.6) is 0 Å². The molecule has 0 unspecified atom stereocenters. The molecule has 0 saturated carbocycles. The number of carbonyl (C=O) groups excluding carboxylic acids is 2. The van der Waals surface area contributed by atoms with Gasteiger partial charge in [-0.25, -0.2) is 0 Å². The summed E-state index contributed by atoms with van der Waals surface area (Å²) in [5.74, 6) is -0.289. The van der Waals surface area contributed by atoms with Crippen molar-refractivity contribution in [1.82, 2.24) is 5.16 Å². The van der Waals surface area contributed by atoms with Gasteiger partial charge in [-0.2, -0.15) is 0 Å². The van der Waals surface area contributed by atoms with E-state index in [-0.39, 0.29) is 18.9 Å². The van der Waals surface area contributed by atoms with Crippen LogP contribution >= 0.6 is 0 Å². The van der Waals surface area contributed by atoms with Crippen molar-refractivity contribution in [2.24, 2.45) is 0 Å². The van der Waals surface area contributed by atoms with Gasteiger partial charge in [-0.05, 0) is 32.9 Å². The van der Waals surface area contributed by atoms with Crippen LogP contribution < -0.4 is 5.32 Å². The summed E-state index contributed by atoms with van der Waals surface area (Å²) in [4.78, 5) is 23.5. The molecular weight excluding hydrogens is 284 g/mol. The molecule has 0 atom stereocenters. The molecule has 0 saturated heterocycles. The number of nitrogens with one attached hydrogen (secondary N) is 1. The maximum absolute atomic E-state index is 11.7. The highest BCUT2D eigenvalue weighted by Crippen LogP contribution is 2.13. The molecule has 1 heterocycles. The van der Waals surface area contributed by atoms with Crippen LogP contribution in [0.1, 0.15) is 22.6 Å². The number of nitrogens with zero attached hydrogens (tertiary/aromatic N) is 1. The van der Waals surface area contributed by atoms with Crippen molar-refractivity contribution in [3.8, 4) is 0 Å². The lowest BCUT2D eigenvalue weighted by molar-refractivity contribution is -0.146. The highest BCUT2D eigenvalue weighted by Gasteiger charge is 2.15. The van der Waals surface area contributed by atoms with Crippen LogP contribution in [0.3, 0.4) is 0 Å². The van der Waals surface area contributed by atoms with Crippen molar-refractivity contribution in [2.45, 2.75) is 27.2 Å². The van der Waals surface area contributed by atoms with Gasteiger partial charge in [0.05, 0.1) is 12.1 Å². The average molecular weight is 302 g/mol. The highest BCUT2D eigenvalue weighted by atomic mass is 16.5. The number of esters is 1. The lowest BCUT2D eigenvalue weighted by Gasteiger charge is -2.07. The minimum absolute atomic E-state index is 0.0407. The molecule has 1 amide bonds. The SMILES string of the molecule is Cc1ccc(NC(=O)COC(=O)Cc2c(C)noc2C)cc1. The van der Waals surface area contributed by atoms with Gasteiger partial charge in [0, 0.05) is 11.3 Å². The van der Waals surface area contributed by atoms with Gasteiger partial charge in [-0.1, -0.05) is 22.9 Å². The van der Waals surface area contributed by atoms with E-state index in [9.17, 15) is 9.59 Å². The minimum Gasteiger partial charge on any atom is -0.455 e. The number of amides is 1. The first-order valence-corrected chi connectivity index (χ1v) is 6.89. The quantitative estimate of drug-likeness (QED) is 0.857. The van der Waals surface area contributed by atoms with Crippen LogP contribution in [0.15, 0.2) is 28.8 Å². The van der Waals surface area contributed by atoms with Gasteiger partial charge in [-0.15, -0.1) is 0 Å². The van der Waals surface area contributed by atoms with Crippen LogP contribution in [0.25, 0.3) is 0 Å². The molecular formula is C16H18N2O4. The zero-order valence-corrected chi connectivity index (χ0v) is 12.8. The molecule has 0 radical (unpaired) electrons. The van der Waals surface area contributed by atoms with Gasteiger partial charge < -0.3 is 14.6 Å². The third kappa shape index (κ3) is 4.18. The first kappa shape index (κ1) is 15.8. The Balaban J connectivity index is 1.81. The third-order valence-electron chi connectivity index (χ3n) is 3.20. The largest absolute Gasteiger partial charge is 0.455 e. The maximum Gasteiger partial charge on any atom is 0.310 e. The van der Waals surface area contributed by atoms with Gasteiger partial charge >= 0.3 is 5.97 Å². The number of benzene rings is 1. The molecule has 6 nitrogen and oxygen atoms in total. The van der Waals surface area contributed by atoms with E-state index in [2.05, 4.69) is 10.5 Å². The Hall–Kier alpha value is -2.63. The second-order valence-electron chi connectivity index (χ2n) is 5.05. The molecule has 2 rings (SSSR count). The maximum atomic E-state index is 11.7. The van der Waals surface area contributed by atoms with E-state index in [1.807, 2.05) is 19.1 Å². The predicted molar refractivity (Wildman–Crippen MR) is 80.4 cm³/mol. The fourth-order valence-electron chi connectivity index (χ4n) is 1.93. The molecule has 0 spiro atoms. The molecule has 1 N–H and O–H groups in total. The van der Waals surface area contributed by atoms with E-state index >= 15 is 0 Å². The van der Waals surface area contributed by atoms with E-state index in [0.717, 1.165) is 5.56 Å². The number of ether oxygens (including phenoxy) is 1. The first-order chi connectivity index (χ1) is 10.5. The molecule has 0 aliphatic rings. The Morgan fingerprint density at radius 1 is 1.18 bits per heavy atom. The predicted octanol–water partition coefficient (Wildman–Crippen LogP) is 2.32. The topological polar surface area (TPSA) is 81.4 Å². The van der Waals surface area contributed by atoms with Crippen molar-refractivity contribution < 1.29 is 18.8 Å². The van der Waals surface area contributed by atoms with Crippen LogP contribution in [-0.4, -0.2) is 23.6 Å². The number of carbonyl (C=O) groups is 2. The number of rotatable bonds is 5. The summed E-state index contributed by atoms with van der Waals surface area (Å²) in [7, 11) is 0. The summed E-state index contributed by atoms with van der Waals surface area (Å²) in [6, 6.07) is 7.36. The second-order valence-corrected chi connectivity index (χ2v) is 5.05. The molecule has 116 valence electrons. The number of aryl methyl sites for hydroxylation is 3. The van der Waals surface area contributed by atoms with E-state index in [1.165, 1.54) is 0 Å². The molecule has 0 aliphatic heterocycles. The Kier molecular flexibility index (Phi) is 4.93. The molecule has 6 heteroatoms. The minimum atomic E-state index is -0.492. The highest BCUT2D eigenvalue weighted by molar-refractivity contribution is 5.92. The zero-order chi connectivity index (χ0) is 16.1. The summed E-state index contributed by atoms with van der Waals surface area (Å²) in [5.41, 5.74) is 3.11. The van der Waals surface area contributed by atoms with Crippen molar-refractivity contribution in [1.29, 1.82) is 0 Å². The van der Waals surface area contributed by atoms with Gasteiger partial charge in [0.2, 0.25) is 0 Å². The summed E-state index contributed by atoms with van der Waals surface area (Å²) < 4.78 is 9.94. The average Bonchev–Trinajstić information content (AvgIpc) is 2.79. The second kappa shape index (κ2) is 6.89. The molecule has 1 aromatic carbocycles. The molecule has 0 aliphatic carbocycles. The fraction of sp³-hybridized carbons (Fsp3) is 0.312. The van der Waals surface area contributed by atoms with Gasteiger partial charge in [0.25, 0.3) is 5.91 Å². The normalized spacial score (nSPS) is 10.3. The Morgan fingerprint density at radius 3 is 2.45 bits per heavy atom. The zero-order valence-electron chi connectivity index (χ0n) is 12.8. The van der Waals surface area contributed by atoms with Crippen LogP contribution in [0, 0.1) is 20.8 Å². The summed E-state index contributed by atoms with van der Waals surface area (Å²) in [6.07, 6.45) is 0.0407. The van der Waals surface area contributed by atoms with E-state index < -0.39 is 5.97 Å². The Morgan fingerprint density at radius 2 is 1.86 bits per heavy atom. The van der Waals surface area contributed by atoms with Crippen molar-refractivity contribution in [3.05, 3.63) is 46.8 Å². The summed E-state index contributed by atoms with van der Waals surface area (Å²) in [6.45, 7) is 5.12. The molecule has 2 aromatic rings.